The Hall–Kier alpha value is -3.93. The molecule has 2 aromatic carbocycles. The number of carbonyl (C=O) groups excluding carboxylic acids is 6. The van der Waals surface area contributed by atoms with Crippen molar-refractivity contribution in [2.24, 2.45) is 29.4 Å². The number of aliphatic hydroxyl groups is 1. The molecule has 2 aromatic rings. The summed E-state index contributed by atoms with van der Waals surface area (Å²) in [6, 6.07) is 8.57. The summed E-state index contributed by atoms with van der Waals surface area (Å²) in [7, 11) is 3.06. The number of amides is 2. The van der Waals surface area contributed by atoms with Crippen LogP contribution < -0.4 is 11.1 Å². The van der Waals surface area contributed by atoms with Crippen molar-refractivity contribution in [3.63, 3.8) is 0 Å². The molecule has 2 amide bonds. The first-order valence-electron chi connectivity index (χ1n) is 13.0. The maximum absolute atomic E-state index is 13.9. The molecule has 2 fully saturated rings. The SMILES string of the molecule is CN(C)[C@@H]1C(=O)C(C(N)=O)C(=O)[C@@]2(O)C(=O)C3C(=O)c4c(O)ccc(-c5ccc(NC(=O)CCl)cc5)c4C[C@H]3C[C@@H]12. The Morgan fingerprint density at radius 3 is 2.32 bits per heavy atom. The van der Waals surface area contributed by atoms with Crippen LogP contribution in [-0.4, -0.2) is 81.7 Å². The van der Waals surface area contributed by atoms with Gasteiger partial charge in [-0.2, -0.15) is 0 Å². The van der Waals surface area contributed by atoms with E-state index in [1.807, 2.05) is 0 Å². The normalized spacial score (nSPS) is 29.0. The fraction of sp³-hybridized carbons (Fsp3) is 0.379. The van der Waals surface area contributed by atoms with Gasteiger partial charge < -0.3 is 21.3 Å². The number of primary amides is 1. The maximum atomic E-state index is 13.9. The average Bonchev–Trinajstić information content (AvgIpc) is 2.91. The van der Waals surface area contributed by atoms with E-state index >= 15 is 0 Å². The van der Waals surface area contributed by atoms with E-state index in [0.717, 1.165) is 0 Å². The molecule has 2 unspecified atom stereocenters. The molecule has 214 valence electrons. The first-order valence-corrected chi connectivity index (χ1v) is 13.5. The number of hydrogen-bond acceptors (Lipinski definition) is 9. The molecule has 0 aromatic heterocycles. The van der Waals surface area contributed by atoms with Gasteiger partial charge in [-0.05, 0) is 67.7 Å². The number of halogens is 1. The highest BCUT2D eigenvalue weighted by atomic mass is 35.5. The molecule has 0 saturated heterocycles. The Labute approximate surface area is 239 Å². The van der Waals surface area contributed by atoms with Crippen LogP contribution in [0.25, 0.3) is 11.1 Å². The third kappa shape index (κ3) is 4.27. The zero-order chi connectivity index (χ0) is 30.0. The third-order valence-corrected chi connectivity index (χ3v) is 8.79. The summed E-state index contributed by atoms with van der Waals surface area (Å²) in [6.07, 6.45) is 0.0999. The number of alkyl halides is 1. The molecular weight excluding hydrogens is 554 g/mol. The third-order valence-electron chi connectivity index (χ3n) is 8.55. The van der Waals surface area contributed by atoms with E-state index < -0.39 is 64.4 Å². The number of aromatic hydroxyl groups is 1. The molecule has 6 atom stereocenters. The van der Waals surface area contributed by atoms with E-state index in [0.29, 0.717) is 22.4 Å². The number of fused-ring (bicyclic) bond motifs is 3. The second-order valence-corrected chi connectivity index (χ2v) is 11.3. The lowest BCUT2D eigenvalue weighted by atomic mass is 9.52. The van der Waals surface area contributed by atoms with Crippen LogP contribution in [0.2, 0.25) is 0 Å². The molecule has 0 bridgehead atoms. The van der Waals surface area contributed by atoms with Gasteiger partial charge in [0.15, 0.2) is 34.7 Å². The predicted octanol–water partition coefficient (Wildman–Crippen LogP) is 0.711. The number of nitrogens with zero attached hydrogens (tertiary/aromatic N) is 1. The Balaban J connectivity index is 1.59. The Kier molecular flexibility index (Phi) is 7.09. The van der Waals surface area contributed by atoms with Crippen molar-refractivity contribution in [1.29, 1.82) is 0 Å². The monoisotopic (exact) mass is 581 g/mol. The van der Waals surface area contributed by atoms with Crippen molar-refractivity contribution in [2.75, 3.05) is 25.3 Å². The van der Waals surface area contributed by atoms with Crippen LogP contribution >= 0.6 is 11.6 Å². The number of phenols is 1. The molecule has 5 N–H and O–H groups in total. The molecule has 2 saturated carbocycles. The summed E-state index contributed by atoms with van der Waals surface area (Å²) in [4.78, 5) is 79.5. The number of Topliss-reactive ketones (excluding diaryl/α,β-unsaturated/α-hetero) is 4. The summed E-state index contributed by atoms with van der Waals surface area (Å²) < 4.78 is 0. The molecule has 3 aliphatic carbocycles. The van der Waals surface area contributed by atoms with E-state index in [2.05, 4.69) is 5.32 Å². The molecule has 0 spiro atoms. The number of benzene rings is 2. The molecule has 5 rings (SSSR count). The zero-order valence-corrected chi connectivity index (χ0v) is 23.0. The van der Waals surface area contributed by atoms with Crippen LogP contribution in [0.15, 0.2) is 36.4 Å². The summed E-state index contributed by atoms with van der Waals surface area (Å²) in [5.41, 5.74) is 4.76. The van der Waals surface area contributed by atoms with Gasteiger partial charge in [-0.15, -0.1) is 11.6 Å². The lowest BCUT2D eigenvalue weighted by molar-refractivity contribution is -0.181. The second kappa shape index (κ2) is 10.2. The number of nitrogens with one attached hydrogen (secondary N) is 1. The second-order valence-electron chi connectivity index (χ2n) is 11.0. The molecule has 11 nitrogen and oxygen atoms in total. The van der Waals surface area contributed by atoms with Crippen molar-refractivity contribution in [1.82, 2.24) is 4.90 Å². The number of nitrogens with two attached hydrogens (primary N) is 1. The van der Waals surface area contributed by atoms with Crippen molar-refractivity contribution < 1.29 is 39.0 Å². The number of hydrogen-bond donors (Lipinski definition) is 4. The van der Waals surface area contributed by atoms with E-state index in [-0.39, 0.29) is 35.9 Å². The van der Waals surface area contributed by atoms with Crippen molar-refractivity contribution in [2.45, 2.75) is 24.5 Å². The Morgan fingerprint density at radius 2 is 1.73 bits per heavy atom. The van der Waals surface area contributed by atoms with E-state index in [1.165, 1.54) is 25.1 Å². The molecule has 12 heteroatoms. The fourth-order valence-electron chi connectivity index (χ4n) is 6.80. The van der Waals surface area contributed by atoms with Crippen molar-refractivity contribution in [3.8, 4) is 16.9 Å². The van der Waals surface area contributed by atoms with Crippen LogP contribution in [0, 0.1) is 23.7 Å². The quantitative estimate of drug-likeness (QED) is 0.291. The first kappa shape index (κ1) is 28.6. The van der Waals surface area contributed by atoms with Gasteiger partial charge in [-0.1, -0.05) is 18.2 Å². The van der Waals surface area contributed by atoms with Gasteiger partial charge in [-0.3, -0.25) is 33.7 Å². The Morgan fingerprint density at radius 1 is 1.07 bits per heavy atom. The molecular formula is C29H28ClN3O8. The smallest absolute Gasteiger partial charge is 0.239 e. The summed E-state index contributed by atoms with van der Waals surface area (Å²) >= 11 is 5.55. The first-order chi connectivity index (χ1) is 19.3. The standard InChI is InChI=1S/C29H28ClN3O8/c1-33(2)23-17-10-13-9-16-15(12-3-5-14(6-4-12)32-19(35)11-30)7-8-18(34)21(16)24(36)20(13)26(38)29(17,41)27(39)22(25(23)37)28(31)40/h3-8,13,17,20,22-23,34,41H,9-11H2,1-2H3,(H2,31,40)(H,32,35)/t13-,17-,20?,22?,23-,29-/m0/s1. The van der Waals surface area contributed by atoms with Crippen LogP contribution in [0.5, 0.6) is 5.75 Å². The van der Waals surface area contributed by atoms with Gasteiger partial charge >= 0.3 is 0 Å². The minimum atomic E-state index is -2.77. The molecule has 0 heterocycles. The summed E-state index contributed by atoms with van der Waals surface area (Å²) in [5, 5.41) is 25.0. The van der Waals surface area contributed by atoms with Crippen LogP contribution in [0.1, 0.15) is 22.3 Å². The summed E-state index contributed by atoms with van der Waals surface area (Å²) in [6.45, 7) is 0. The van der Waals surface area contributed by atoms with Gasteiger partial charge in [0.05, 0.1) is 17.5 Å². The predicted molar refractivity (Wildman–Crippen MR) is 146 cm³/mol. The van der Waals surface area contributed by atoms with Gasteiger partial charge in [0.2, 0.25) is 11.8 Å². The largest absolute Gasteiger partial charge is 0.507 e. The zero-order valence-electron chi connectivity index (χ0n) is 22.2. The Bertz CT molecular complexity index is 1520. The van der Waals surface area contributed by atoms with E-state index in [1.54, 1.807) is 30.3 Å². The van der Waals surface area contributed by atoms with Gasteiger partial charge in [0.25, 0.3) is 0 Å². The minimum absolute atomic E-state index is 0.0393. The number of anilines is 1. The van der Waals surface area contributed by atoms with Crippen molar-refractivity contribution >= 4 is 52.2 Å². The van der Waals surface area contributed by atoms with Crippen molar-refractivity contribution in [3.05, 3.63) is 47.5 Å². The molecule has 0 radical (unpaired) electrons. The maximum Gasteiger partial charge on any atom is 0.239 e. The van der Waals surface area contributed by atoms with Gasteiger partial charge in [-0.25, -0.2) is 0 Å². The lowest BCUT2D eigenvalue weighted by Gasteiger charge is -2.52. The fourth-order valence-corrected chi connectivity index (χ4v) is 6.87. The highest BCUT2D eigenvalue weighted by Crippen LogP contribution is 2.51. The number of rotatable bonds is 5. The summed E-state index contributed by atoms with van der Waals surface area (Å²) in [5.74, 6) is -11.5. The highest BCUT2D eigenvalue weighted by molar-refractivity contribution is 6.32. The molecule has 0 aliphatic heterocycles. The number of ketones is 4. The number of phenolic OH excluding ortho intramolecular Hbond substituents is 1. The molecule has 3 aliphatic rings. The lowest BCUT2D eigenvalue weighted by Crippen LogP contribution is -2.74. The van der Waals surface area contributed by atoms with Gasteiger partial charge in [0, 0.05) is 11.6 Å². The average molecular weight is 582 g/mol. The van der Waals surface area contributed by atoms with Crippen LogP contribution in [0.4, 0.5) is 5.69 Å². The van der Waals surface area contributed by atoms with E-state index in [9.17, 15) is 39.0 Å². The highest BCUT2D eigenvalue weighted by Gasteiger charge is 2.69. The number of likely N-dealkylation sites (N-methyl/N-ethyl adjacent to an activating group) is 1. The minimum Gasteiger partial charge on any atom is -0.507 e. The van der Waals surface area contributed by atoms with Crippen LogP contribution in [-0.2, 0) is 30.4 Å². The topological polar surface area (TPSA) is 184 Å². The van der Waals surface area contributed by atoms with Crippen LogP contribution in [0.3, 0.4) is 0 Å². The van der Waals surface area contributed by atoms with Gasteiger partial charge in [0.1, 0.15) is 11.6 Å². The number of carbonyl (C=O) groups is 6. The van der Waals surface area contributed by atoms with E-state index in [4.69, 9.17) is 17.3 Å². The molecule has 41 heavy (non-hydrogen) atoms.